The highest BCUT2D eigenvalue weighted by atomic mass is 35.5. The van der Waals surface area contributed by atoms with Gasteiger partial charge in [0, 0.05) is 6.54 Å². The number of para-hydroxylation sites is 1. The third-order valence-corrected chi connectivity index (χ3v) is 3.42. The van der Waals surface area contributed by atoms with Crippen molar-refractivity contribution in [3.63, 3.8) is 0 Å². The molecular formula is C14H17Cl2N5. The third-order valence-electron chi connectivity index (χ3n) is 2.79. The van der Waals surface area contributed by atoms with Crippen molar-refractivity contribution in [3.8, 4) is 0 Å². The van der Waals surface area contributed by atoms with Crippen molar-refractivity contribution in [2.75, 3.05) is 17.2 Å². The van der Waals surface area contributed by atoms with Gasteiger partial charge in [-0.3, -0.25) is 0 Å². The van der Waals surface area contributed by atoms with Gasteiger partial charge in [0.2, 0.25) is 5.95 Å². The van der Waals surface area contributed by atoms with E-state index in [0.717, 1.165) is 13.0 Å². The van der Waals surface area contributed by atoms with Crippen LogP contribution < -0.4 is 10.6 Å². The molecular weight excluding hydrogens is 309 g/mol. The van der Waals surface area contributed by atoms with Crippen molar-refractivity contribution in [2.24, 2.45) is 5.92 Å². The van der Waals surface area contributed by atoms with Crippen LogP contribution >= 0.6 is 23.2 Å². The molecule has 112 valence electrons. The van der Waals surface area contributed by atoms with E-state index in [1.54, 1.807) is 24.4 Å². The van der Waals surface area contributed by atoms with E-state index < -0.39 is 0 Å². The normalized spacial score (nSPS) is 10.7. The van der Waals surface area contributed by atoms with Crippen molar-refractivity contribution >= 4 is 40.7 Å². The molecule has 0 spiro atoms. The topological polar surface area (TPSA) is 62.7 Å². The summed E-state index contributed by atoms with van der Waals surface area (Å²) >= 11 is 12.2. The smallest absolute Gasteiger partial charge is 0.249 e. The number of nitrogens with one attached hydrogen (secondary N) is 2. The summed E-state index contributed by atoms with van der Waals surface area (Å²) in [5.41, 5.74) is 0.571. The minimum atomic E-state index is 0.347. The number of halogens is 2. The molecule has 7 heteroatoms. The lowest BCUT2D eigenvalue weighted by atomic mass is 10.1. The lowest BCUT2D eigenvalue weighted by Gasteiger charge is -2.10. The Labute approximate surface area is 134 Å². The molecule has 2 aromatic rings. The first-order chi connectivity index (χ1) is 10.1. The first kappa shape index (κ1) is 15.8. The summed E-state index contributed by atoms with van der Waals surface area (Å²) in [5, 5.41) is 15.1. The average Bonchev–Trinajstić information content (AvgIpc) is 2.43. The van der Waals surface area contributed by atoms with Crippen LogP contribution in [0.3, 0.4) is 0 Å². The third kappa shape index (κ3) is 4.72. The van der Waals surface area contributed by atoms with Crippen molar-refractivity contribution in [3.05, 3.63) is 34.4 Å². The molecule has 2 rings (SSSR count). The number of nitrogens with zero attached hydrogens (tertiary/aromatic N) is 3. The largest absolute Gasteiger partial charge is 0.369 e. The Balaban J connectivity index is 2.07. The molecule has 0 fully saturated rings. The molecule has 2 N–H and O–H groups in total. The van der Waals surface area contributed by atoms with E-state index in [4.69, 9.17) is 23.2 Å². The summed E-state index contributed by atoms with van der Waals surface area (Å²) < 4.78 is 0. The van der Waals surface area contributed by atoms with Crippen molar-refractivity contribution < 1.29 is 0 Å². The zero-order chi connectivity index (χ0) is 15.2. The first-order valence-electron chi connectivity index (χ1n) is 6.71. The number of rotatable bonds is 6. The molecule has 1 aromatic heterocycles. The number of aromatic nitrogens is 3. The number of hydrogen-bond acceptors (Lipinski definition) is 5. The van der Waals surface area contributed by atoms with Gasteiger partial charge in [-0.2, -0.15) is 10.1 Å². The Morgan fingerprint density at radius 1 is 1.19 bits per heavy atom. The molecule has 0 unspecified atom stereocenters. The fourth-order valence-corrected chi connectivity index (χ4v) is 2.15. The Hall–Kier alpha value is -1.59. The van der Waals surface area contributed by atoms with Crippen LogP contribution in [-0.2, 0) is 0 Å². The monoisotopic (exact) mass is 325 g/mol. The van der Waals surface area contributed by atoms with Gasteiger partial charge >= 0.3 is 0 Å². The molecule has 0 aliphatic rings. The summed E-state index contributed by atoms with van der Waals surface area (Å²) in [6.45, 7) is 5.18. The van der Waals surface area contributed by atoms with Gasteiger partial charge in [0.15, 0.2) is 5.82 Å². The highest BCUT2D eigenvalue weighted by molar-refractivity contribution is 6.39. The lowest BCUT2D eigenvalue weighted by molar-refractivity contribution is 0.606. The van der Waals surface area contributed by atoms with Gasteiger partial charge in [-0.25, -0.2) is 0 Å². The van der Waals surface area contributed by atoms with E-state index in [-0.39, 0.29) is 0 Å². The molecule has 21 heavy (non-hydrogen) atoms. The Morgan fingerprint density at radius 3 is 2.57 bits per heavy atom. The second kappa shape index (κ2) is 7.43. The van der Waals surface area contributed by atoms with Crippen LogP contribution in [0.2, 0.25) is 10.0 Å². The maximum absolute atomic E-state index is 6.10. The summed E-state index contributed by atoms with van der Waals surface area (Å²) in [4.78, 5) is 4.33. The van der Waals surface area contributed by atoms with Crippen molar-refractivity contribution in [1.29, 1.82) is 0 Å². The molecule has 0 radical (unpaired) electrons. The molecule has 0 aliphatic carbocycles. The molecule has 5 nitrogen and oxygen atoms in total. The molecule has 0 bridgehead atoms. The van der Waals surface area contributed by atoms with Gasteiger partial charge in [0.1, 0.15) is 0 Å². The quantitative estimate of drug-likeness (QED) is 0.825. The lowest BCUT2D eigenvalue weighted by Crippen LogP contribution is -2.08. The zero-order valence-corrected chi connectivity index (χ0v) is 13.4. The maximum atomic E-state index is 6.10. The number of anilines is 3. The molecule has 0 saturated carbocycles. The highest BCUT2D eigenvalue weighted by Crippen LogP contribution is 2.31. The predicted molar refractivity (Wildman–Crippen MR) is 87.5 cm³/mol. The van der Waals surface area contributed by atoms with Gasteiger partial charge in [0.05, 0.1) is 21.9 Å². The van der Waals surface area contributed by atoms with Crippen molar-refractivity contribution in [2.45, 2.75) is 20.3 Å². The minimum absolute atomic E-state index is 0.347. The van der Waals surface area contributed by atoms with Crippen LogP contribution in [0, 0.1) is 5.92 Å². The Kier molecular flexibility index (Phi) is 5.59. The average molecular weight is 326 g/mol. The predicted octanol–water partition coefficient (Wildman–Crippen LogP) is 4.38. The van der Waals surface area contributed by atoms with Gasteiger partial charge in [-0.1, -0.05) is 43.1 Å². The van der Waals surface area contributed by atoms with E-state index >= 15 is 0 Å². The van der Waals surface area contributed by atoms with Crippen LogP contribution in [0.15, 0.2) is 24.4 Å². The molecule has 1 aromatic carbocycles. The zero-order valence-electron chi connectivity index (χ0n) is 11.9. The Morgan fingerprint density at radius 2 is 1.90 bits per heavy atom. The highest BCUT2D eigenvalue weighted by Gasteiger charge is 2.08. The van der Waals surface area contributed by atoms with Crippen LogP contribution in [0.4, 0.5) is 17.5 Å². The van der Waals surface area contributed by atoms with Gasteiger partial charge in [0.25, 0.3) is 0 Å². The summed E-state index contributed by atoms with van der Waals surface area (Å²) in [6, 6.07) is 5.26. The van der Waals surface area contributed by atoms with E-state index in [2.05, 4.69) is 39.7 Å². The summed E-state index contributed by atoms with van der Waals surface area (Å²) in [5.74, 6) is 1.64. The SMILES string of the molecule is CC(C)CCNc1cnnc(Nc2c(Cl)cccc2Cl)n1. The fraction of sp³-hybridized carbons (Fsp3) is 0.357. The minimum Gasteiger partial charge on any atom is -0.369 e. The van der Waals surface area contributed by atoms with Crippen LogP contribution in [0.1, 0.15) is 20.3 Å². The van der Waals surface area contributed by atoms with Gasteiger partial charge in [-0.05, 0) is 24.5 Å². The van der Waals surface area contributed by atoms with Gasteiger partial charge in [-0.15, -0.1) is 5.10 Å². The first-order valence-corrected chi connectivity index (χ1v) is 7.46. The summed E-state index contributed by atoms with van der Waals surface area (Å²) in [7, 11) is 0. The molecule has 0 atom stereocenters. The summed E-state index contributed by atoms with van der Waals surface area (Å²) in [6.07, 6.45) is 2.64. The molecule has 0 aliphatic heterocycles. The molecule has 0 saturated heterocycles. The van der Waals surface area contributed by atoms with E-state index in [1.807, 2.05) is 0 Å². The second-order valence-electron chi connectivity index (χ2n) is 5.00. The van der Waals surface area contributed by atoms with Crippen LogP contribution in [-0.4, -0.2) is 21.7 Å². The Bertz CT molecular complexity index is 583. The van der Waals surface area contributed by atoms with Crippen LogP contribution in [0.5, 0.6) is 0 Å². The van der Waals surface area contributed by atoms with E-state index in [0.29, 0.717) is 33.4 Å². The number of hydrogen-bond donors (Lipinski definition) is 2. The molecule has 0 amide bonds. The second-order valence-corrected chi connectivity index (χ2v) is 5.81. The standard InChI is InChI=1S/C14H17Cl2N5/c1-9(2)6-7-17-12-8-18-21-14(19-12)20-13-10(15)4-3-5-11(13)16/h3-5,8-9H,6-7H2,1-2H3,(H2,17,19,20,21). The van der Waals surface area contributed by atoms with Gasteiger partial charge < -0.3 is 10.6 Å². The number of benzene rings is 1. The maximum Gasteiger partial charge on any atom is 0.249 e. The van der Waals surface area contributed by atoms with E-state index in [1.165, 1.54) is 0 Å². The van der Waals surface area contributed by atoms with Crippen LogP contribution in [0.25, 0.3) is 0 Å². The fourth-order valence-electron chi connectivity index (χ4n) is 1.66. The van der Waals surface area contributed by atoms with Crippen molar-refractivity contribution in [1.82, 2.24) is 15.2 Å². The van der Waals surface area contributed by atoms with E-state index in [9.17, 15) is 0 Å². The molecule has 1 heterocycles.